The lowest BCUT2D eigenvalue weighted by Crippen LogP contribution is -2.25. The van der Waals surface area contributed by atoms with Crippen molar-refractivity contribution in [2.75, 3.05) is 7.11 Å². The van der Waals surface area contributed by atoms with Crippen molar-refractivity contribution in [2.45, 2.75) is 26.8 Å². The summed E-state index contributed by atoms with van der Waals surface area (Å²) in [7, 11) is 1.60. The number of nitrogens with zero attached hydrogens (tertiary/aromatic N) is 2. The van der Waals surface area contributed by atoms with Crippen LogP contribution in [0.5, 0.6) is 5.75 Å². The second kappa shape index (κ2) is 6.74. The first-order valence-corrected chi connectivity index (χ1v) is 8.01. The summed E-state index contributed by atoms with van der Waals surface area (Å²) < 4.78 is 7.14. The van der Waals surface area contributed by atoms with Crippen LogP contribution in [-0.4, -0.2) is 22.4 Å². The second-order valence-corrected chi connectivity index (χ2v) is 5.70. The Bertz CT molecular complexity index is 866. The molecule has 0 aliphatic rings. The first kappa shape index (κ1) is 16.1. The molecular formula is C19H21N3O2. The van der Waals surface area contributed by atoms with Gasteiger partial charge >= 0.3 is 0 Å². The number of carbonyl (C=O) groups is 1. The zero-order valence-corrected chi connectivity index (χ0v) is 14.2. The SMILES string of the molecule is CCc1nc2c(OC)cccn2c1C(=O)NCc1ccc(C)cc1. The van der Waals surface area contributed by atoms with Gasteiger partial charge in [-0.2, -0.15) is 0 Å². The monoisotopic (exact) mass is 323 g/mol. The molecule has 3 aromatic rings. The van der Waals surface area contributed by atoms with Crippen molar-refractivity contribution in [3.05, 3.63) is 65.1 Å². The molecule has 124 valence electrons. The smallest absolute Gasteiger partial charge is 0.270 e. The van der Waals surface area contributed by atoms with Crippen LogP contribution in [0.1, 0.15) is 34.2 Å². The van der Waals surface area contributed by atoms with Gasteiger partial charge in [-0.25, -0.2) is 4.98 Å². The minimum absolute atomic E-state index is 0.131. The molecule has 0 fully saturated rings. The predicted octanol–water partition coefficient (Wildman–Crippen LogP) is 3.14. The highest BCUT2D eigenvalue weighted by Crippen LogP contribution is 2.22. The van der Waals surface area contributed by atoms with E-state index < -0.39 is 0 Å². The van der Waals surface area contributed by atoms with E-state index in [1.807, 2.05) is 56.4 Å². The second-order valence-electron chi connectivity index (χ2n) is 5.70. The summed E-state index contributed by atoms with van der Waals surface area (Å²) >= 11 is 0. The highest BCUT2D eigenvalue weighted by Gasteiger charge is 2.19. The molecule has 0 spiro atoms. The molecule has 0 aliphatic heterocycles. The average molecular weight is 323 g/mol. The van der Waals surface area contributed by atoms with Crippen LogP contribution in [-0.2, 0) is 13.0 Å². The zero-order valence-electron chi connectivity index (χ0n) is 14.2. The molecule has 5 nitrogen and oxygen atoms in total. The maximum atomic E-state index is 12.7. The van der Waals surface area contributed by atoms with Crippen molar-refractivity contribution < 1.29 is 9.53 Å². The molecule has 1 amide bonds. The number of ether oxygens (including phenoxy) is 1. The topological polar surface area (TPSA) is 55.6 Å². The standard InChI is InChI=1S/C19H21N3O2/c1-4-15-17(22-11-5-6-16(24-3)18(22)21-15)19(23)20-12-14-9-7-13(2)8-10-14/h5-11H,4,12H2,1-3H3,(H,20,23). The summed E-state index contributed by atoms with van der Waals surface area (Å²) in [4.78, 5) is 17.3. The molecule has 0 unspecified atom stereocenters. The number of methoxy groups -OCH3 is 1. The Labute approximate surface area is 141 Å². The first-order valence-electron chi connectivity index (χ1n) is 8.01. The number of aryl methyl sites for hydroxylation is 2. The van der Waals surface area contributed by atoms with Crippen molar-refractivity contribution in [3.63, 3.8) is 0 Å². The van der Waals surface area contributed by atoms with Crippen molar-refractivity contribution in [2.24, 2.45) is 0 Å². The zero-order chi connectivity index (χ0) is 17.1. The van der Waals surface area contributed by atoms with Gasteiger partial charge in [0.2, 0.25) is 0 Å². The molecule has 1 aromatic carbocycles. The minimum atomic E-state index is -0.131. The van der Waals surface area contributed by atoms with Gasteiger partial charge in [0.25, 0.3) is 5.91 Å². The van der Waals surface area contributed by atoms with E-state index in [1.165, 1.54) is 5.56 Å². The molecule has 3 rings (SSSR count). The normalized spacial score (nSPS) is 10.8. The van der Waals surface area contributed by atoms with Gasteiger partial charge in [-0.1, -0.05) is 36.8 Å². The maximum Gasteiger partial charge on any atom is 0.270 e. The molecule has 5 heteroatoms. The van der Waals surface area contributed by atoms with Crippen molar-refractivity contribution in [1.82, 2.24) is 14.7 Å². The van der Waals surface area contributed by atoms with Crippen LogP contribution in [0.15, 0.2) is 42.6 Å². The van der Waals surface area contributed by atoms with Gasteiger partial charge in [0.05, 0.1) is 12.8 Å². The van der Waals surface area contributed by atoms with E-state index in [0.29, 0.717) is 30.1 Å². The molecule has 0 saturated heterocycles. The molecule has 2 aromatic heterocycles. The fourth-order valence-electron chi connectivity index (χ4n) is 2.71. The molecule has 0 radical (unpaired) electrons. The van der Waals surface area contributed by atoms with Crippen LogP contribution in [0.3, 0.4) is 0 Å². The lowest BCUT2D eigenvalue weighted by atomic mass is 10.1. The molecule has 0 bridgehead atoms. The molecule has 1 N–H and O–H groups in total. The highest BCUT2D eigenvalue weighted by molar-refractivity contribution is 5.95. The Morgan fingerprint density at radius 1 is 1.25 bits per heavy atom. The number of imidazole rings is 1. The van der Waals surface area contributed by atoms with Crippen LogP contribution in [0.4, 0.5) is 0 Å². The lowest BCUT2D eigenvalue weighted by molar-refractivity contribution is 0.0944. The molecule has 0 saturated carbocycles. The lowest BCUT2D eigenvalue weighted by Gasteiger charge is -2.08. The fraction of sp³-hybridized carbons (Fsp3) is 0.263. The summed E-state index contributed by atoms with van der Waals surface area (Å²) in [6.07, 6.45) is 2.52. The number of pyridine rings is 1. The fourth-order valence-corrected chi connectivity index (χ4v) is 2.71. The van der Waals surface area contributed by atoms with Crippen LogP contribution >= 0.6 is 0 Å². The summed E-state index contributed by atoms with van der Waals surface area (Å²) in [5.74, 6) is 0.526. The van der Waals surface area contributed by atoms with Crippen LogP contribution in [0.25, 0.3) is 5.65 Å². The Kier molecular flexibility index (Phi) is 4.51. The van der Waals surface area contributed by atoms with Crippen molar-refractivity contribution >= 4 is 11.6 Å². The third kappa shape index (κ3) is 2.97. The Balaban J connectivity index is 1.90. The van der Waals surface area contributed by atoms with Gasteiger partial charge in [-0.3, -0.25) is 9.20 Å². The van der Waals surface area contributed by atoms with Gasteiger partial charge in [-0.05, 0) is 31.0 Å². The molecule has 0 atom stereocenters. The molecular weight excluding hydrogens is 302 g/mol. The maximum absolute atomic E-state index is 12.7. The number of amides is 1. The van der Waals surface area contributed by atoms with Crippen LogP contribution in [0.2, 0.25) is 0 Å². The van der Waals surface area contributed by atoms with Gasteiger partial charge in [-0.15, -0.1) is 0 Å². The Morgan fingerprint density at radius 3 is 2.67 bits per heavy atom. The molecule has 24 heavy (non-hydrogen) atoms. The largest absolute Gasteiger partial charge is 0.493 e. The number of carbonyl (C=O) groups excluding carboxylic acids is 1. The number of hydrogen-bond donors (Lipinski definition) is 1. The molecule has 0 aliphatic carbocycles. The van der Waals surface area contributed by atoms with Gasteiger partial charge in [0.15, 0.2) is 11.4 Å². The van der Waals surface area contributed by atoms with Gasteiger partial charge < -0.3 is 10.1 Å². The Hall–Kier alpha value is -2.82. The van der Waals surface area contributed by atoms with E-state index in [2.05, 4.69) is 10.3 Å². The summed E-state index contributed by atoms with van der Waals surface area (Å²) in [5, 5.41) is 2.98. The van der Waals surface area contributed by atoms with Crippen molar-refractivity contribution in [1.29, 1.82) is 0 Å². The van der Waals surface area contributed by atoms with Crippen LogP contribution in [0, 0.1) is 6.92 Å². The van der Waals surface area contributed by atoms with Crippen LogP contribution < -0.4 is 10.1 Å². The van der Waals surface area contributed by atoms with Gasteiger partial charge in [0.1, 0.15) is 5.69 Å². The van der Waals surface area contributed by atoms with E-state index in [1.54, 1.807) is 11.5 Å². The number of nitrogens with one attached hydrogen (secondary N) is 1. The van der Waals surface area contributed by atoms with E-state index in [-0.39, 0.29) is 5.91 Å². The minimum Gasteiger partial charge on any atom is -0.493 e. The Morgan fingerprint density at radius 2 is 2.00 bits per heavy atom. The van der Waals surface area contributed by atoms with E-state index in [4.69, 9.17) is 4.74 Å². The average Bonchev–Trinajstić information content (AvgIpc) is 2.99. The summed E-state index contributed by atoms with van der Waals surface area (Å²) in [6, 6.07) is 11.8. The van der Waals surface area contributed by atoms with E-state index in [0.717, 1.165) is 11.3 Å². The number of hydrogen-bond acceptors (Lipinski definition) is 3. The van der Waals surface area contributed by atoms with E-state index in [9.17, 15) is 4.79 Å². The number of aromatic nitrogens is 2. The number of rotatable bonds is 5. The molecule has 2 heterocycles. The third-order valence-electron chi connectivity index (χ3n) is 4.03. The first-order chi connectivity index (χ1) is 11.6. The van der Waals surface area contributed by atoms with Crippen molar-refractivity contribution in [3.8, 4) is 5.75 Å². The predicted molar refractivity (Wildman–Crippen MR) is 93.5 cm³/mol. The highest BCUT2D eigenvalue weighted by atomic mass is 16.5. The number of benzene rings is 1. The summed E-state index contributed by atoms with van der Waals surface area (Å²) in [5.41, 5.74) is 4.27. The number of fused-ring (bicyclic) bond motifs is 1. The third-order valence-corrected chi connectivity index (χ3v) is 4.03. The van der Waals surface area contributed by atoms with E-state index >= 15 is 0 Å². The quantitative estimate of drug-likeness (QED) is 0.785. The summed E-state index contributed by atoms with van der Waals surface area (Å²) in [6.45, 7) is 4.52. The van der Waals surface area contributed by atoms with Gasteiger partial charge in [0, 0.05) is 12.7 Å².